The Morgan fingerprint density at radius 2 is 1.77 bits per heavy atom. The maximum absolute atomic E-state index is 12.9. The molecule has 1 aliphatic heterocycles. The fourth-order valence-corrected chi connectivity index (χ4v) is 4.45. The number of fused-ring (bicyclic) bond motifs is 1. The highest BCUT2D eigenvalue weighted by molar-refractivity contribution is 5.94. The van der Waals surface area contributed by atoms with Gasteiger partial charge in [0, 0.05) is 43.7 Å². The molecule has 35 heavy (non-hydrogen) atoms. The lowest BCUT2D eigenvalue weighted by molar-refractivity contribution is 0.0303. The van der Waals surface area contributed by atoms with Crippen molar-refractivity contribution in [1.29, 1.82) is 0 Å². The Morgan fingerprint density at radius 1 is 0.971 bits per heavy atom. The van der Waals surface area contributed by atoms with Crippen LogP contribution in [0, 0.1) is 0 Å². The number of morpholine rings is 1. The van der Waals surface area contributed by atoms with Crippen molar-refractivity contribution in [2.24, 2.45) is 5.73 Å². The molecule has 3 N–H and O–H groups in total. The summed E-state index contributed by atoms with van der Waals surface area (Å²) in [7, 11) is 0. The SMILES string of the molecule is NCCNCc1ccc(-c2ccc3cnn(Cc4cccc(C(=O)N5CCOCC5)c4)c3c2)cc1. The topological polar surface area (TPSA) is 85.4 Å². The normalized spacial score (nSPS) is 13.9. The highest BCUT2D eigenvalue weighted by Crippen LogP contribution is 2.25. The molecule has 1 aromatic heterocycles. The number of carbonyl (C=O) groups excluding carboxylic acids is 1. The van der Waals surface area contributed by atoms with Gasteiger partial charge in [-0.3, -0.25) is 9.48 Å². The first kappa shape index (κ1) is 23.2. The van der Waals surface area contributed by atoms with Gasteiger partial charge in [0.15, 0.2) is 0 Å². The zero-order valence-electron chi connectivity index (χ0n) is 19.8. The lowest BCUT2D eigenvalue weighted by Crippen LogP contribution is -2.40. The zero-order chi connectivity index (χ0) is 24.0. The number of hydrogen-bond donors (Lipinski definition) is 2. The van der Waals surface area contributed by atoms with Gasteiger partial charge in [-0.05, 0) is 40.5 Å². The summed E-state index contributed by atoms with van der Waals surface area (Å²) in [5, 5.41) is 9.05. The minimum absolute atomic E-state index is 0.0597. The molecule has 0 spiro atoms. The molecular formula is C28H31N5O2. The van der Waals surface area contributed by atoms with E-state index in [1.54, 1.807) is 0 Å². The number of amides is 1. The number of rotatable bonds is 8. The minimum Gasteiger partial charge on any atom is -0.378 e. The molecular weight excluding hydrogens is 438 g/mol. The lowest BCUT2D eigenvalue weighted by atomic mass is 10.0. The van der Waals surface area contributed by atoms with E-state index in [1.165, 1.54) is 11.1 Å². The van der Waals surface area contributed by atoms with Crippen molar-refractivity contribution in [1.82, 2.24) is 20.0 Å². The van der Waals surface area contributed by atoms with E-state index in [0.717, 1.165) is 35.1 Å². The monoisotopic (exact) mass is 469 g/mol. The number of carbonyl (C=O) groups is 1. The van der Waals surface area contributed by atoms with Gasteiger partial charge in [-0.25, -0.2) is 0 Å². The molecule has 1 amide bonds. The van der Waals surface area contributed by atoms with E-state index < -0.39 is 0 Å². The summed E-state index contributed by atoms with van der Waals surface area (Å²) in [5.41, 5.74) is 11.9. The maximum atomic E-state index is 12.9. The molecule has 0 unspecified atom stereocenters. The summed E-state index contributed by atoms with van der Waals surface area (Å²) in [5.74, 6) is 0.0597. The van der Waals surface area contributed by atoms with Crippen LogP contribution < -0.4 is 11.1 Å². The molecule has 1 fully saturated rings. The Morgan fingerprint density at radius 3 is 2.57 bits per heavy atom. The number of nitrogens with two attached hydrogens (primary N) is 1. The first-order valence-electron chi connectivity index (χ1n) is 12.1. The average Bonchev–Trinajstić information content (AvgIpc) is 3.31. The molecule has 0 radical (unpaired) electrons. The van der Waals surface area contributed by atoms with Crippen molar-refractivity contribution in [2.75, 3.05) is 39.4 Å². The summed E-state index contributed by atoms with van der Waals surface area (Å²) in [6.45, 7) is 5.34. The summed E-state index contributed by atoms with van der Waals surface area (Å²) < 4.78 is 7.38. The quantitative estimate of drug-likeness (QED) is 0.387. The van der Waals surface area contributed by atoms with Crippen LogP contribution in [0.15, 0.2) is 72.9 Å². The van der Waals surface area contributed by atoms with Crippen LogP contribution in [-0.2, 0) is 17.8 Å². The highest BCUT2D eigenvalue weighted by Gasteiger charge is 2.18. The van der Waals surface area contributed by atoms with E-state index in [2.05, 4.69) is 52.9 Å². The van der Waals surface area contributed by atoms with Gasteiger partial charge < -0.3 is 20.7 Å². The molecule has 7 heteroatoms. The van der Waals surface area contributed by atoms with Gasteiger partial charge in [0.05, 0.1) is 31.5 Å². The molecule has 180 valence electrons. The maximum Gasteiger partial charge on any atom is 0.254 e. The molecule has 3 aromatic carbocycles. The van der Waals surface area contributed by atoms with Gasteiger partial charge in [0.1, 0.15) is 0 Å². The predicted octanol–water partition coefficient (Wildman–Crippen LogP) is 3.27. The molecule has 0 atom stereocenters. The molecule has 7 nitrogen and oxygen atoms in total. The Kier molecular flexibility index (Phi) is 7.18. The van der Waals surface area contributed by atoms with Crippen LogP contribution in [0.25, 0.3) is 22.0 Å². The van der Waals surface area contributed by atoms with Crippen LogP contribution in [0.1, 0.15) is 21.5 Å². The second-order valence-corrected chi connectivity index (χ2v) is 8.84. The van der Waals surface area contributed by atoms with E-state index in [0.29, 0.717) is 45.0 Å². The van der Waals surface area contributed by atoms with Gasteiger partial charge in [0.25, 0.3) is 5.91 Å². The second-order valence-electron chi connectivity index (χ2n) is 8.84. The van der Waals surface area contributed by atoms with Crippen LogP contribution in [0.3, 0.4) is 0 Å². The van der Waals surface area contributed by atoms with Crippen molar-refractivity contribution < 1.29 is 9.53 Å². The van der Waals surface area contributed by atoms with Gasteiger partial charge in [-0.1, -0.05) is 48.5 Å². The molecule has 1 aliphatic rings. The fourth-order valence-electron chi connectivity index (χ4n) is 4.45. The van der Waals surface area contributed by atoms with Crippen LogP contribution in [0.2, 0.25) is 0 Å². The Hall–Kier alpha value is -3.52. The molecule has 0 saturated carbocycles. The van der Waals surface area contributed by atoms with Crippen LogP contribution in [0.4, 0.5) is 0 Å². The number of aromatic nitrogens is 2. The van der Waals surface area contributed by atoms with Crippen LogP contribution in [0.5, 0.6) is 0 Å². The van der Waals surface area contributed by atoms with E-state index in [4.69, 9.17) is 10.5 Å². The summed E-state index contributed by atoms with van der Waals surface area (Å²) >= 11 is 0. The molecule has 1 saturated heterocycles. The van der Waals surface area contributed by atoms with E-state index in [-0.39, 0.29) is 5.91 Å². The van der Waals surface area contributed by atoms with Crippen LogP contribution >= 0.6 is 0 Å². The predicted molar refractivity (Wildman–Crippen MR) is 138 cm³/mol. The molecule has 5 rings (SSSR count). The number of ether oxygens (including phenoxy) is 1. The number of hydrogen-bond acceptors (Lipinski definition) is 5. The molecule has 4 aromatic rings. The number of nitrogens with one attached hydrogen (secondary N) is 1. The van der Waals surface area contributed by atoms with Gasteiger partial charge in [-0.2, -0.15) is 5.10 Å². The zero-order valence-corrected chi connectivity index (χ0v) is 19.8. The van der Waals surface area contributed by atoms with E-state index in [1.807, 2.05) is 40.0 Å². The van der Waals surface area contributed by atoms with Crippen molar-refractivity contribution >= 4 is 16.8 Å². The van der Waals surface area contributed by atoms with Gasteiger partial charge in [-0.15, -0.1) is 0 Å². The third-order valence-corrected chi connectivity index (χ3v) is 6.39. The number of nitrogens with zero attached hydrogens (tertiary/aromatic N) is 3. The van der Waals surface area contributed by atoms with E-state index in [9.17, 15) is 4.79 Å². The average molecular weight is 470 g/mol. The standard InChI is InChI=1S/C28H31N5O2/c29-10-11-30-18-21-4-6-23(7-5-21)24-8-9-26-19-31-33(27(26)17-24)20-22-2-1-3-25(16-22)28(34)32-12-14-35-15-13-32/h1-9,16-17,19,30H,10-15,18,20,29H2. The first-order valence-corrected chi connectivity index (χ1v) is 12.1. The largest absolute Gasteiger partial charge is 0.378 e. The molecule has 0 aliphatic carbocycles. The van der Waals surface area contributed by atoms with Gasteiger partial charge in [0.2, 0.25) is 0 Å². The van der Waals surface area contributed by atoms with Crippen molar-refractivity contribution in [3.8, 4) is 11.1 Å². The first-order chi connectivity index (χ1) is 17.2. The Balaban J connectivity index is 1.34. The highest BCUT2D eigenvalue weighted by atomic mass is 16.5. The van der Waals surface area contributed by atoms with Gasteiger partial charge >= 0.3 is 0 Å². The Bertz CT molecular complexity index is 1290. The van der Waals surface area contributed by atoms with Crippen LogP contribution in [-0.4, -0.2) is 60.0 Å². The smallest absolute Gasteiger partial charge is 0.254 e. The molecule has 2 heterocycles. The van der Waals surface area contributed by atoms with Crippen molar-refractivity contribution in [3.63, 3.8) is 0 Å². The third-order valence-electron chi connectivity index (χ3n) is 6.39. The second kappa shape index (κ2) is 10.8. The fraction of sp³-hybridized carbons (Fsp3) is 0.286. The lowest BCUT2D eigenvalue weighted by Gasteiger charge is -2.27. The minimum atomic E-state index is 0.0597. The molecule has 0 bridgehead atoms. The number of benzene rings is 3. The summed E-state index contributed by atoms with van der Waals surface area (Å²) in [6.07, 6.45) is 1.90. The summed E-state index contributed by atoms with van der Waals surface area (Å²) in [4.78, 5) is 14.8. The Labute approximate surface area is 205 Å². The summed E-state index contributed by atoms with van der Waals surface area (Å²) in [6, 6.07) is 22.9. The third kappa shape index (κ3) is 5.43. The van der Waals surface area contributed by atoms with Crippen molar-refractivity contribution in [3.05, 3.63) is 89.6 Å². The van der Waals surface area contributed by atoms with E-state index >= 15 is 0 Å². The van der Waals surface area contributed by atoms with Crippen molar-refractivity contribution in [2.45, 2.75) is 13.1 Å².